The second-order valence-electron chi connectivity index (χ2n) is 3.12. The van der Waals surface area contributed by atoms with Gasteiger partial charge in [-0.05, 0) is 12.1 Å². The summed E-state index contributed by atoms with van der Waals surface area (Å²) in [6.07, 6.45) is 1.31. The van der Waals surface area contributed by atoms with Gasteiger partial charge in [-0.25, -0.2) is 18.2 Å². The van der Waals surface area contributed by atoms with Crippen molar-refractivity contribution in [3.05, 3.63) is 23.9 Å². The maximum atomic E-state index is 11.5. The molecule has 0 fully saturated rings. The van der Waals surface area contributed by atoms with Crippen molar-refractivity contribution in [3.63, 3.8) is 0 Å². The van der Waals surface area contributed by atoms with Gasteiger partial charge in [-0.2, -0.15) is 0 Å². The Kier molecular flexibility index (Phi) is 4.41. The molecule has 1 rings (SSSR count). The molecule has 2 N–H and O–H groups in total. The number of ether oxygens (including phenoxy) is 1. The number of nitrogens with zero attached hydrogens (tertiary/aromatic N) is 1. The molecule has 8 heteroatoms. The maximum Gasteiger partial charge on any atom is 0.339 e. The smallest absolute Gasteiger partial charge is 0.339 e. The van der Waals surface area contributed by atoms with Gasteiger partial charge in [-0.3, -0.25) is 4.72 Å². The van der Waals surface area contributed by atoms with Crippen molar-refractivity contribution in [2.75, 3.05) is 24.2 Å². The van der Waals surface area contributed by atoms with Crippen LogP contribution < -0.4 is 4.72 Å². The summed E-state index contributed by atoms with van der Waals surface area (Å²) in [5, 5.41) is 8.84. The Morgan fingerprint density at radius 2 is 2.29 bits per heavy atom. The number of anilines is 1. The summed E-state index contributed by atoms with van der Waals surface area (Å²) >= 11 is 0. The molecule has 17 heavy (non-hydrogen) atoms. The molecule has 7 nitrogen and oxygen atoms in total. The summed E-state index contributed by atoms with van der Waals surface area (Å²) < 4.78 is 29.8. The number of carboxylic acid groups (broad SMARTS) is 1. The fourth-order valence-corrected chi connectivity index (χ4v) is 2.00. The first kappa shape index (κ1) is 13.4. The first-order valence-corrected chi connectivity index (χ1v) is 6.29. The molecule has 0 aliphatic carbocycles. The van der Waals surface area contributed by atoms with Crippen LogP contribution in [0.1, 0.15) is 10.4 Å². The number of pyridine rings is 1. The molecule has 0 amide bonds. The molecule has 0 aliphatic heterocycles. The van der Waals surface area contributed by atoms with Crippen LogP contribution in [0.2, 0.25) is 0 Å². The molecule has 0 saturated carbocycles. The number of carbonyl (C=O) groups is 1. The summed E-state index contributed by atoms with van der Waals surface area (Å²) in [5.41, 5.74) is -0.200. The van der Waals surface area contributed by atoms with E-state index in [2.05, 4.69) is 14.4 Å². The average Bonchev–Trinajstić information content (AvgIpc) is 2.26. The lowest BCUT2D eigenvalue weighted by Gasteiger charge is -2.08. The predicted octanol–water partition coefficient (Wildman–Crippen LogP) is 0.168. The van der Waals surface area contributed by atoms with Crippen LogP contribution in [0.3, 0.4) is 0 Å². The third kappa shape index (κ3) is 4.00. The summed E-state index contributed by atoms with van der Waals surface area (Å²) in [5.74, 6) is -1.71. The third-order valence-corrected chi connectivity index (χ3v) is 3.05. The molecular weight excluding hydrogens is 248 g/mol. The number of aromatic carboxylic acids is 1. The summed E-state index contributed by atoms with van der Waals surface area (Å²) in [6.45, 7) is 0.0184. The number of carboxylic acids is 1. The van der Waals surface area contributed by atoms with Crippen molar-refractivity contribution >= 4 is 21.8 Å². The van der Waals surface area contributed by atoms with Gasteiger partial charge in [0, 0.05) is 13.3 Å². The van der Waals surface area contributed by atoms with Gasteiger partial charge in [0.2, 0.25) is 10.0 Å². The van der Waals surface area contributed by atoms with E-state index in [9.17, 15) is 13.2 Å². The molecule has 0 radical (unpaired) electrons. The number of nitrogens with one attached hydrogen (secondary N) is 1. The van der Waals surface area contributed by atoms with Gasteiger partial charge >= 0.3 is 5.97 Å². The van der Waals surface area contributed by atoms with Crippen LogP contribution in [0, 0.1) is 0 Å². The van der Waals surface area contributed by atoms with Gasteiger partial charge < -0.3 is 9.84 Å². The zero-order chi connectivity index (χ0) is 12.9. The highest BCUT2D eigenvalue weighted by Gasteiger charge is 2.16. The Hall–Kier alpha value is -1.67. The third-order valence-electron chi connectivity index (χ3n) is 1.85. The van der Waals surface area contributed by atoms with E-state index in [0.29, 0.717) is 0 Å². The molecule has 0 atom stereocenters. The SMILES string of the molecule is COCCS(=O)(=O)Nc1ncccc1C(=O)O. The molecule has 0 aromatic carbocycles. The minimum absolute atomic E-state index is 0.0184. The van der Waals surface area contributed by atoms with E-state index in [-0.39, 0.29) is 23.7 Å². The van der Waals surface area contributed by atoms with Crippen LogP contribution in [0.4, 0.5) is 5.82 Å². The van der Waals surface area contributed by atoms with Crippen molar-refractivity contribution in [1.82, 2.24) is 4.98 Å². The molecule has 1 aromatic rings. The van der Waals surface area contributed by atoms with E-state index in [1.165, 1.54) is 25.4 Å². The van der Waals surface area contributed by atoms with E-state index >= 15 is 0 Å². The Labute approximate surface area is 98.5 Å². The fraction of sp³-hybridized carbons (Fsp3) is 0.333. The van der Waals surface area contributed by atoms with Crippen LogP contribution >= 0.6 is 0 Å². The highest BCUT2D eigenvalue weighted by atomic mass is 32.2. The molecule has 1 aromatic heterocycles. The Bertz CT molecular complexity index is 500. The second-order valence-corrected chi connectivity index (χ2v) is 4.96. The number of hydrogen-bond donors (Lipinski definition) is 2. The average molecular weight is 260 g/mol. The summed E-state index contributed by atoms with van der Waals surface area (Å²) in [6, 6.07) is 2.68. The van der Waals surface area contributed by atoms with Crippen LogP contribution in [0.15, 0.2) is 18.3 Å². The molecule has 0 saturated heterocycles. The van der Waals surface area contributed by atoms with Gasteiger partial charge in [0.05, 0.1) is 12.4 Å². The fourth-order valence-electron chi connectivity index (χ4n) is 1.05. The molecular formula is C9H12N2O5S. The van der Waals surface area contributed by atoms with Crippen LogP contribution in [-0.4, -0.2) is 43.9 Å². The highest BCUT2D eigenvalue weighted by Crippen LogP contribution is 2.12. The van der Waals surface area contributed by atoms with E-state index in [0.717, 1.165) is 0 Å². The molecule has 0 aliphatic rings. The van der Waals surface area contributed by atoms with E-state index < -0.39 is 16.0 Å². The quantitative estimate of drug-likeness (QED) is 0.755. The van der Waals surface area contributed by atoms with Crippen LogP contribution in [0.25, 0.3) is 0 Å². The van der Waals surface area contributed by atoms with Gasteiger partial charge in [-0.1, -0.05) is 0 Å². The number of methoxy groups -OCH3 is 1. The van der Waals surface area contributed by atoms with Crippen molar-refractivity contribution in [3.8, 4) is 0 Å². The minimum atomic E-state index is -3.65. The Balaban J connectivity index is 2.92. The van der Waals surface area contributed by atoms with E-state index in [1.54, 1.807) is 0 Å². The van der Waals surface area contributed by atoms with Crippen molar-refractivity contribution < 1.29 is 23.1 Å². The topological polar surface area (TPSA) is 106 Å². The lowest BCUT2D eigenvalue weighted by Crippen LogP contribution is -2.21. The van der Waals surface area contributed by atoms with Crippen LogP contribution in [0.5, 0.6) is 0 Å². The normalized spacial score (nSPS) is 11.1. The number of hydrogen-bond acceptors (Lipinski definition) is 5. The highest BCUT2D eigenvalue weighted by molar-refractivity contribution is 7.92. The Morgan fingerprint density at radius 1 is 1.59 bits per heavy atom. The van der Waals surface area contributed by atoms with E-state index in [4.69, 9.17) is 5.11 Å². The molecule has 0 unspecified atom stereocenters. The van der Waals surface area contributed by atoms with Crippen molar-refractivity contribution in [1.29, 1.82) is 0 Å². The van der Waals surface area contributed by atoms with Gasteiger partial charge in [-0.15, -0.1) is 0 Å². The van der Waals surface area contributed by atoms with Gasteiger partial charge in [0.1, 0.15) is 5.56 Å². The van der Waals surface area contributed by atoms with Crippen LogP contribution in [-0.2, 0) is 14.8 Å². The molecule has 0 spiro atoms. The Morgan fingerprint density at radius 3 is 2.88 bits per heavy atom. The number of rotatable bonds is 6. The first-order valence-electron chi connectivity index (χ1n) is 4.64. The number of sulfonamides is 1. The molecule has 94 valence electrons. The molecule has 0 bridgehead atoms. The monoisotopic (exact) mass is 260 g/mol. The predicted molar refractivity (Wildman–Crippen MR) is 60.5 cm³/mol. The molecule has 1 heterocycles. The summed E-state index contributed by atoms with van der Waals surface area (Å²) in [7, 11) is -2.28. The van der Waals surface area contributed by atoms with Gasteiger partial charge in [0.25, 0.3) is 0 Å². The standard InChI is InChI=1S/C9H12N2O5S/c1-16-5-6-17(14,15)11-8-7(9(12)13)3-2-4-10-8/h2-4H,5-6H2,1H3,(H,10,11)(H,12,13). The zero-order valence-electron chi connectivity index (χ0n) is 9.08. The number of aromatic nitrogens is 1. The lowest BCUT2D eigenvalue weighted by molar-refractivity contribution is 0.0697. The minimum Gasteiger partial charge on any atom is -0.478 e. The lowest BCUT2D eigenvalue weighted by atomic mass is 10.3. The largest absolute Gasteiger partial charge is 0.478 e. The first-order chi connectivity index (χ1) is 7.96. The summed E-state index contributed by atoms with van der Waals surface area (Å²) in [4.78, 5) is 14.5. The maximum absolute atomic E-state index is 11.5. The zero-order valence-corrected chi connectivity index (χ0v) is 9.90. The van der Waals surface area contributed by atoms with Gasteiger partial charge in [0.15, 0.2) is 5.82 Å². The van der Waals surface area contributed by atoms with E-state index in [1.807, 2.05) is 0 Å². The second kappa shape index (κ2) is 5.60. The van der Waals surface area contributed by atoms with Crippen molar-refractivity contribution in [2.45, 2.75) is 0 Å². The van der Waals surface area contributed by atoms with Crippen molar-refractivity contribution in [2.24, 2.45) is 0 Å².